The summed E-state index contributed by atoms with van der Waals surface area (Å²) in [5.41, 5.74) is 4.22. The second kappa shape index (κ2) is 8.64. The normalized spacial score (nSPS) is 11.1. The maximum absolute atomic E-state index is 13.4. The van der Waals surface area contributed by atoms with E-state index < -0.39 is 0 Å². The van der Waals surface area contributed by atoms with Gasteiger partial charge in [0.15, 0.2) is 5.13 Å². The fraction of sp³-hybridized carbons (Fsp3) is 0.0417. The number of thiophene rings is 1. The van der Waals surface area contributed by atoms with E-state index in [1.54, 1.807) is 23.5 Å². The monoisotopic (exact) mass is 495 g/mol. The van der Waals surface area contributed by atoms with Crippen LogP contribution in [0.25, 0.3) is 32.7 Å². The predicted molar refractivity (Wildman–Crippen MR) is 135 cm³/mol. The Kier molecular flexibility index (Phi) is 5.69. The highest BCUT2D eigenvalue weighted by atomic mass is 35.5. The lowest BCUT2D eigenvalue weighted by atomic mass is 9.97. The van der Waals surface area contributed by atoms with Crippen molar-refractivity contribution in [1.82, 2.24) is 9.97 Å². The molecule has 0 aliphatic rings. The van der Waals surface area contributed by atoms with Crippen LogP contribution in [-0.4, -0.2) is 15.9 Å². The molecule has 5 rings (SSSR count). The van der Waals surface area contributed by atoms with E-state index in [-0.39, 0.29) is 5.91 Å². The Balaban J connectivity index is 1.60. The van der Waals surface area contributed by atoms with Crippen LogP contribution in [0.15, 0.2) is 65.4 Å². The van der Waals surface area contributed by atoms with E-state index in [0.29, 0.717) is 32.0 Å². The number of hydrogen-bond acceptors (Lipinski definition) is 5. The van der Waals surface area contributed by atoms with Crippen molar-refractivity contribution in [2.75, 3.05) is 5.32 Å². The second-order valence-electron chi connectivity index (χ2n) is 7.07. The largest absolute Gasteiger partial charge is 0.298 e. The maximum Gasteiger partial charge on any atom is 0.258 e. The average molecular weight is 496 g/mol. The third kappa shape index (κ3) is 3.91. The number of anilines is 1. The van der Waals surface area contributed by atoms with Crippen LogP contribution >= 0.6 is 45.9 Å². The van der Waals surface area contributed by atoms with E-state index >= 15 is 0 Å². The zero-order chi connectivity index (χ0) is 22.2. The van der Waals surface area contributed by atoms with Crippen molar-refractivity contribution in [1.29, 1.82) is 0 Å². The van der Waals surface area contributed by atoms with Crippen LogP contribution in [0, 0.1) is 6.92 Å². The van der Waals surface area contributed by atoms with Crippen molar-refractivity contribution in [3.8, 4) is 21.8 Å². The molecule has 3 aromatic heterocycles. The molecule has 1 amide bonds. The summed E-state index contributed by atoms with van der Waals surface area (Å²) in [6.07, 6.45) is 0. The van der Waals surface area contributed by atoms with E-state index in [9.17, 15) is 4.79 Å². The minimum absolute atomic E-state index is 0.237. The Morgan fingerprint density at radius 2 is 1.84 bits per heavy atom. The summed E-state index contributed by atoms with van der Waals surface area (Å²) in [5, 5.41) is 9.25. The molecule has 0 saturated carbocycles. The predicted octanol–water partition coefficient (Wildman–Crippen LogP) is 7.95. The zero-order valence-corrected chi connectivity index (χ0v) is 19.9. The van der Waals surface area contributed by atoms with Crippen molar-refractivity contribution in [3.63, 3.8) is 0 Å². The van der Waals surface area contributed by atoms with E-state index in [4.69, 9.17) is 28.2 Å². The molecule has 0 saturated heterocycles. The van der Waals surface area contributed by atoms with Crippen molar-refractivity contribution < 1.29 is 4.79 Å². The van der Waals surface area contributed by atoms with Gasteiger partial charge in [0.25, 0.3) is 5.91 Å². The smallest absolute Gasteiger partial charge is 0.258 e. The number of thiazole rings is 1. The highest BCUT2D eigenvalue weighted by Crippen LogP contribution is 2.35. The Morgan fingerprint density at radius 1 is 1.00 bits per heavy atom. The molecule has 0 bridgehead atoms. The number of nitrogens with one attached hydrogen (secondary N) is 1. The number of pyridine rings is 1. The quantitative estimate of drug-likeness (QED) is 0.275. The molecule has 3 heterocycles. The number of hydrogen-bond donors (Lipinski definition) is 1. The summed E-state index contributed by atoms with van der Waals surface area (Å²) >= 11 is 15.6. The molecule has 1 N–H and O–H groups in total. The first kappa shape index (κ1) is 21.1. The summed E-state index contributed by atoms with van der Waals surface area (Å²) in [6, 6.07) is 16.8. The summed E-state index contributed by atoms with van der Waals surface area (Å²) in [5.74, 6) is -0.237. The van der Waals surface area contributed by atoms with Gasteiger partial charge in [-0.15, -0.1) is 22.7 Å². The number of rotatable bonds is 4. The van der Waals surface area contributed by atoms with Gasteiger partial charge in [0.2, 0.25) is 0 Å². The summed E-state index contributed by atoms with van der Waals surface area (Å²) in [4.78, 5) is 23.9. The van der Waals surface area contributed by atoms with E-state index in [2.05, 4.69) is 10.3 Å². The fourth-order valence-electron chi connectivity index (χ4n) is 3.57. The van der Waals surface area contributed by atoms with Gasteiger partial charge in [0.05, 0.1) is 32.4 Å². The number of aromatic nitrogens is 2. The van der Waals surface area contributed by atoms with E-state index in [1.165, 1.54) is 11.3 Å². The number of nitrogens with zero attached hydrogens (tertiary/aromatic N) is 2. The first-order valence-electron chi connectivity index (χ1n) is 9.67. The SMILES string of the molecule is Cc1c(-c2ccc(Cl)cc2Cl)nc2ccccc2c1C(=O)Nc1nc(-c2cccs2)cs1. The summed E-state index contributed by atoms with van der Waals surface area (Å²) in [6.45, 7) is 1.88. The lowest BCUT2D eigenvalue weighted by Crippen LogP contribution is -2.15. The molecule has 4 nitrogen and oxygen atoms in total. The first-order chi connectivity index (χ1) is 15.5. The minimum Gasteiger partial charge on any atom is -0.298 e. The molecule has 0 radical (unpaired) electrons. The Bertz CT molecular complexity index is 1460. The molecule has 0 aliphatic carbocycles. The second-order valence-corrected chi connectivity index (χ2v) is 9.72. The number of para-hydroxylation sites is 1. The lowest BCUT2D eigenvalue weighted by molar-refractivity contribution is 0.102. The molecule has 0 fully saturated rings. The van der Waals surface area contributed by atoms with Crippen LogP contribution in [0.1, 0.15) is 15.9 Å². The molecule has 5 aromatic rings. The number of amides is 1. The molecule has 0 spiro atoms. The van der Waals surface area contributed by atoms with Gasteiger partial charge in [-0.2, -0.15) is 0 Å². The van der Waals surface area contributed by atoms with Crippen molar-refractivity contribution in [2.45, 2.75) is 6.92 Å². The zero-order valence-electron chi connectivity index (χ0n) is 16.7. The third-order valence-corrected chi connectivity index (χ3v) is 7.25. The number of fused-ring (bicyclic) bond motifs is 1. The van der Waals surface area contributed by atoms with Gasteiger partial charge in [-0.05, 0) is 48.2 Å². The highest BCUT2D eigenvalue weighted by Gasteiger charge is 2.21. The average Bonchev–Trinajstić information content (AvgIpc) is 3.45. The molecule has 0 aliphatic heterocycles. The Hall–Kier alpha value is -2.77. The van der Waals surface area contributed by atoms with Crippen molar-refractivity contribution in [2.24, 2.45) is 0 Å². The van der Waals surface area contributed by atoms with Crippen molar-refractivity contribution >= 4 is 67.8 Å². The Labute approximate surface area is 202 Å². The van der Waals surface area contributed by atoms with Gasteiger partial charge in [-0.3, -0.25) is 10.1 Å². The number of benzene rings is 2. The third-order valence-electron chi connectivity index (χ3n) is 5.05. The van der Waals surface area contributed by atoms with Gasteiger partial charge >= 0.3 is 0 Å². The molecular formula is C24H15Cl2N3OS2. The van der Waals surface area contributed by atoms with E-state index in [1.807, 2.05) is 60.1 Å². The molecule has 158 valence electrons. The number of carbonyl (C=O) groups excluding carboxylic acids is 1. The van der Waals surface area contributed by atoms with Gasteiger partial charge in [0.1, 0.15) is 0 Å². The Morgan fingerprint density at radius 3 is 2.62 bits per heavy atom. The molecule has 8 heteroatoms. The standard InChI is InChI=1S/C24H15Cl2N3OS2/c1-13-21(23(30)29-24-28-19(12-32-24)20-7-4-10-31-20)16-5-2-3-6-18(16)27-22(13)15-9-8-14(25)11-17(15)26/h2-12H,1H3,(H,28,29,30). The van der Waals surface area contributed by atoms with Crippen LogP contribution in [0.5, 0.6) is 0 Å². The number of halogens is 2. The van der Waals surface area contributed by atoms with Crippen LogP contribution in [0.3, 0.4) is 0 Å². The fourth-order valence-corrected chi connectivity index (χ4v) is 5.54. The molecule has 0 unspecified atom stereocenters. The molecule has 32 heavy (non-hydrogen) atoms. The van der Waals surface area contributed by atoms with Gasteiger partial charge in [0, 0.05) is 21.4 Å². The molecular weight excluding hydrogens is 481 g/mol. The first-order valence-corrected chi connectivity index (χ1v) is 12.2. The van der Waals surface area contributed by atoms with E-state index in [0.717, 1.165) is 27.1 Å². The van der Waals surface area contributed by atoms with Crippen molar-refractivity contribution in [3.05, 3.63) is 86.5 Å². The minimum atomic E-state index is -0.237. The van der Waals surface area contributed by atoms with Gasteiger partial charge < -0.3 is 0 Å². The van der Waals surface area contributed by atoms with Crippen LogP contribution in [-0.2, 0) is 0 Å². The van der Waals surface area contributed by atoms with Gasteiger partial charge in [-0.25, -0.2) is 9.97 Å². The number of carbonyl (C=O) groups is 1. The molecule has 0 atom stereocenters. The van der Waals surface area contributed by atoms with Gasteiger partial charge in [-0.1, -0.05) is 47.5 Å². The van der Waals surface area contributed by atoms with Crippen LogP contribution in [0.4, 0.5) is 5.13 Å². The van der Waals surface area contributed by atoms with Crippen LogP contribution < -0.4 is 5.32 Å². The van der Waals surface area contributed by atoms with Crippen LogP contribution in [0.2, 0.25) is 10.0 Å². The summed E-state index contributed by atoms with van der Waals surface area (Å²) < 4.78 is 0. The summed E-state index contributed by atoms with van der Waals surface area (Å²) in [7, 11) is 0. The maximum atomic E-state index is 13.4. The molecule has 2 aromatic carbocycles. The lowest BCUT2D eigenvalue weighted by Gasteiger charge is -2.15. The highest BCUT2D eigenvalue weighted by molar-refractivity contribution is 7.16. The topological polar surface area (TPSA) is 54.9 Å².